The number of carbonyl (C=O) groups is 1. The molecule has 2 saturated heterocycles. The smallest absolute Gasteiger partial charge is 0.246 e. The number of nitrogens with zero attached hydrogens (tertiary/aromatic N) is 2. The number of hydrogen-bond donors (Lipinski definition) is 1. The maximum absolute atomic E-state index is 13.3. The van der Waals surface area contributed by atoms with Gasteiger partial charge in [0.1, 0.15) is 6.04 Å². The Hall–Kier alpha value is -2.22. The lowest BCUT2D eigenvalue weighted by Crippen LogP contribution is -2.46. The minimum absolute atomic E-state index is 0.0909. The first kappa shape index (κ1) is 23.0. The van der Waals surface area contributed by atoms with Crippen LogP contribution in [0.1, 0.15) is 36.9 Å². The van der Waals surface area contributed by atoms with Crippen LogP contribution in [0.25, 0.3) is 0 Å². The van der Waals surface area contributed by atoms with E-state index in [1.54, 1.807) is 0 Å². The van der Waals surface area contributed by atoms with Crippen molar-refractivity contribution in [1.29, 1.82) is 0 Å². The van der Waals surface area contributed by atoms with E-state index >= 15 is 0 Å². The highest BCUT2D eigenvalue weighted by Gasteiger charge is 2.32. The molecule has 7 heteroatoms. The van der Waals surface area contributed by atoms with Crippen LogP contribution >= 0.6 is 0 Å². The van der Waals surface area contributed by atoms with Gasteiger partial charge >= 0.3 is 0 Å². The summed E-state index contributed by atoms with van der Waals surface area (Å²) in [6, 6.07) is 17.2. The summed E-state index contributed by atoms with van der Waals surface area (Å²) < 4.78 is 23.8. The molecule has 2 fully saturated rings. The lowest BCUT2D eigenvalue weighted by molar-refractivity contribution is -0.121. The minimum atomic E-state index is -3.01. The van der Waals surface area contributed by atoms with Crippen LogP contribution in [-0.2, 0) is 21.2 Å². The van der Waals surface area contributed by atoms with Gasteiger partial charge in [0.05, 0.1) is 11.5 Å². The van der Waals surface area contributed by atoms with Gasteiger partial charge in [-0.3, -0.25) is 14.6 Å². The maximum Gasteiger partial charge on any atom is 0.246 e. The van der Waals surface area contributed by atoms with E-state index in [0.717, 1.165) is 36.8 Å². The second-order valence-corrected chi connectivity index (χ2v) is 11.4. The maximum atomic E-state index is 13.3. The number of likely N-dealkylation sites (tertiary alicyclic amines) is 1. The van der Waals surface area contributed by atoms with Crippen LogP contribution in [0.3, 0.4) is 0 Å². The van der Waals surface area contributed by atoms with E-state index in [0.29, 0.717) is 13.1 Å². The lowest BCUT2D eigenvalue weighted by Gasteiger charge is -2.33. The second kappa shape index (κ2) is 10.1. The molecule has 1 unspecified atom stereocenters. The Morgan fingerprint density at radius 2 is 1.59 bits per heavy atom. The van der Waals surface area contributed by atoms with E-state index in [-0.39, 0.29) is 17.4 Å². The summed E-state index contributed by atoms with van der Waals surface area (Å²) in [6.45, 7) is 6.27. The molecule has 2 aliphatic heterocycles. The van der Waals surface area contributed by atoms with Crippen LogP contribution < -0.4 is 5.32 Å². The fourth-order valence-corrected chi connectivity index (χ4v) is 5.76. The van der Waals surface area contributed by atoms with Crippen LogP contribution in [0.5, 0.6) is 0 Å². The standard InChI is InChI=1S/C25H33N3O3S/c1-20-11-13-27(14-12-20)19-21-7-9-23(10-8-21)26-25(29)24(22-5-3-2-4-6-22)28-15-17-32(30,31)18-16-28/h2-10,20,24H,11-19H2,1H3,(H,26,29). The lowest BCUT2D eigenvalue weighted by atomic mass is 9.99. The number of benzene rings is 2. The van der Waals surface area contributed by atoms with Gasteiger partial charge in [-0.1, -0.05) is 49.4 Å². The first-order valence-corrected chi connectivity index (χ1v) is 13.3. The van der Waals surface area contributed by atoms with Crippen LogP contribution in [0.2, 0.25) is 0 Å². The highest BCUT2D eigenvalue weighted by atomic mass is 32.2. The van der Waals surface area contributed by atoms with E-state index in [9.17, 15) is 13.2 Å². The number of amides is 1. The molecule has 0 saturated carbocycles. The van der Waals surface area contributed by atoms with Gasteiger partial charge in [-0.25, -0.2) is 8.42 Å². The van der Waals surface area contributed by atoms with E-state index in [1.165, 1.54) is 18.4 Å². The normalized spacial score (nSPS) is 21.2. The van der Waals surface area contributed by atoms with Crippen molar-refractivity contribution in [3.8, 4) is 0 Å². The Bertz CT molecular complexity index is 986. The Kier molecular flexibility index (Phi) is 7.28. The highest BCUT2D eigenvalue weighted by Crippen LogP contribution is 2.25. The molecule has 4 rings (SSSR count). The molecule has 172 valence electrons. The van der Waals surface area contributed by atoms with E-state index < -0.39 is 15.9 Å². The molecule has 2 aromatic carbocycles. The monoisotopic (exact) mass is 455 g/mol. The molecule has 1 atom stereocenters. The van der Waals surface area contributed by atoms with Crippen molar-refractivity contribution >= 4 is 21.4 Å². The molecule has 0 radical (unpaired) electrons. The van der Waals surface area contributed by atoms with Crippen molar-refractivity contribution in [2.24, 2.45) is 5.92 Å². The van der Waals surface area contributed by atoms with Gasteiger partial charge < -0.3 is 5.32 Å². The SMILES string of the molecule is CC1CCN(Cc2ccc(NC(=O)C(c3ccccc3)N3CCS(=O)(=O)CC3)cc2)CC1. The zero-order valence-electron chi connectivity index (χ0n) is 18.7. The molecule has 2 heterocycles. The zero-order chi connectivity index (χ0) is 22.6. The molecule has 1 amide bonds. The van der Waals surface area contributed by atoms with Crippen LogP contribution in [0.4, 0.5) is 5.69 Å². The Morgan fingerprint density at radius 3 is 2.22 bits per heavy atom. The highest BCUT2D eigenvalue weighted by molar-refractivity contribution is 7.91. The van der Waals surface area contributed by atoms with Gasteiger partial charge in [0.25, 0.3) is 0 Å². The van der Waals surface area contributed by atoms with Gasteiger partial charge in [-0.15, -0.1) is 0 Å². The molecule has 0 aromatic heterocycles. The summed E-state index contributed by atoms with van der Waals surface area (Å²) in [5.41, 5.74) is 2.88. The van der Waals surface area contributed by atoms with E-state index in [4.69, 9.17) is 0 Å². The molecule has 0 bridgehead atoms. The van der Waals surface area contributed by atoms with Crippen molar-refractivity contribution in [2.75, 3.05) is 43.0 Å². The topological polar surface area (TPSA) is 69.7 Å². The summed E-state index contributed by atoms with van der Waals surface area (Å²) in [7, 11) is -3.01. The van der Waals surface area contributed by atoms with Gasteiger partial charge in [-0.05, 0) is 55.1 Å². The number of piperidine rings is 1. The molecule has 2 aliphatic rings. The molecule has 0 aliphatic carbocycles. The minimum Gasteiger partial charge on any atom is -0.324 e. The Balaban J connectivity index is 1.42. The molecular formula is C25H33N3O3S. The fraction of sp³-hybridized carbons (Fsp3) is 0.480. The third kappa shape index (κ3) is 5.97. The molecule has 2 aromatic rings. The number of hydrogen-bond acceptors (Lipinski definition) is 5. The number of anilines is 1. The molecule has 6 nitrogen and oxygen atoms in total. The second-order valence-electron chi connectivity index (χ2n) is 9.15. The summed E-state index contributed by atoms with van der Waals surface area (Å²) >= 11 is 0. The summed E-state index contributed by atoms with van der Waals surface area (Å²) in [5, 5.41) is 3.05. The van der Waals surface area contributed by atoms with Crippen LogP contribution in [0.15, 0.2) is 54.6 Å². The van der Waals surface area contributed by atoms with Gasteiger partial charge in [0.2, 0.25) is 5.91 Å². The fourth-order valence-electron chi connectivity index (χ4n) is 4.53. The first-order chi connectivity index (χ1) is 15.4. The summed E-state index contributed by atoms with van der Waals surface area (Å²) in [5.74, 6) is 0.871. The zero-order valence-corrected chi connectivity index (χ0v) is 19.6. The number of carbonyl (C=O) groups excluding carboxylic acids is 1. The van der Waals surface area contributed by atoms with Gasteiger partial charge in [0, 0.05) is 25.3 Å². The third-order valence-corrected chi connectivity index (χ3v) is 8.22. The van der Waals surface area contributed by atoms with Crippen LogP contribution in [0, 0.1) is 5.92 Å². The van der Waals surface area contributed by atoms with E-state index in [2.05, 4.69) is 29.3 Å². The first-order valence-electron chi connectivity index (χ1n) is 11.5. The average Bonchev–Trinajstić information content (AvgIpc) is 2.79. The quantitative estimate of drug-likeness (QED) is 0.724. The molecule has 0 spiro atoms. The van der Waals surface area contributed by atoms with Crippen molar-refractivity contribution in [2.45, 2.75) is 32.4 Å². The average molecular weight is 456 g/mol. The van der Waals surface area contributed by atoms with Crippen molar-refractivity contribution < 1.29 is 13.2 Å². The van der Waals surface area contributed by atoms with Crippen molar-refractivity contribution in [3.05, 3.63) is 65.7 Å². The van der Waals surface area contributed by atoms with Crippen molar-refractivity contribution in [1.82, 2.24) is 9.80 Å². The Labute approximate surface area is 191 Å². The summed E-state index contributed by atoms with van der Waals surface area (Å²) in [6.07, 6.45) is 2.51. The largest absolute Gasteiger partial charge is 0.324 e. The Morgan fingerprint density at radius 1 is 0.969 bits per heavy atom. The predicted molar refractivity (Wildman–Crippen MR) is 128 cm³/mol. The predicted octanol–water partition coefficient (Wildman–Crippen LogP) is 3.33. The number of rotatable bonds is 6. The van der Waals surface area contributed by atoms with Gasteiger partial charge in [0.15, 0.2) is 9.84 Å². The van der Waals surface area contributed by atoms with Crippen molar-refractivity contribution in [3.63, 3.8) is 0 Å². The number of nitrogens with one attached hydrogen (secondary N) is 1. The molecule has 1 N–H and O–H groups in total. The van der Waals surface area contributed by atoms with E-state index in [1.807, 2.05) is 47.4 Å². The van der Waals surface area contributed by atoms with Gasteiger partial charge in [-0.2, -0.15) is 0 Å². The summed E-state index contributed by atoms with van der Waals surface area (Å²) in [4.78, 5) is 17.8. The number of sulfone groups is 1. The molecule has 32 heavy (non-hydrogen) atoms. The molecular weight excluding hydrogens is 422 g/mol. The third-order valence-electron chi connectivity index (χ3n) is 6.61. The van der Waals surface area contributed by atoms with Crippen LogP contribution in [-0.4, -0.2) is 61.8 Å².